The fourth-order valence-electron chi connectivity index (χ4n) is 2.00. The van der Waals surface area contributed by atoms with Crippen LogP contribution >= 0.6 is 12.2 Å². The maximum absolute atomic E-state index is 12.2. The van der Waals surface area contributed by atoms with Gasteiger partial charge in [0.05, 0.1) is 7.11 Å². The summed E-state index contributed by atoms with van der Waals surface area (Å²) in [5.41, 5.74) is 0.670. The number of thiocarbonyl (C=S) groups is 1. The predicted octanol–water partition coefficient (Wildman–Crippen LogP) is 0.837. The van der Waals surface area contributed by atoms with Crippen LogP contribution in [0.1, 0.15) is 5.56 Å². The molecule has 1 aromatic carbocycles. The van der Waals surface area contributed by atoms with Gasteiger partial charge in [-0.1, -0.05) is 12.1 Å². The first-order valence-corrected chi connectivity index (χ1v) is 7.37. The second-order valence-corrected chi connectivity index (χ2v) is 5.37. The fraction of sp³-hybridized carbons (Fsp3) is 0.250. The molecular weight excluding hydrogens is 332 g/mol. The lowest BCUT2D eigenvalue weighted by molar-refractivity contribution is -0.143. The van der Waals surface area contributed by atoms with Gasteiger partial charge in [-0.2, -0.15) is 0 Å². The van der Waals surface area contributed by atoms with Crippen LogP contribution in [0, 0.1) is 0 Å². The Morgan fingerprint density at radius 1 is 1.12 bits per heavy atom. The third-order valence-electron chi connectivity index (χ3n) is 3.42. The number of amides is 2. The van der Waals surface area contributed by atoms with Gasteiger partial charge in [0.1, 0.15) is 11.3 Å². The summed E-state index contributed by atoms with van der Waals surface area (Å²) in [6.07, 6.45) is 1.49. The lowest BCUT2D eigenvalue weighted by Gasteiger charge is -2.31. The van der Waals surface area contributed by atoms with Crippen molar-refractivity contribution in [3.05, 3.63) is 35.4 Å². The normalized spacial score (nSPS) is 14.8. The van der Waals surface area contributed by atoms with E-state index in [-0.39, 0.29) is 17.3 Å². The van der Waals surface area contributed by atoms with E-state index in [1.54, 1.807) is 24.3 Å². The molecule has 1 aliphatic heterocycles. The topological polar surface area (TPSA) is 76.2 Å². The number of carbonyl (C=O) groups excluding carboxylic acids is 3. The summed E-state index contributed by atoms with van der Waals surface area (Å²) >= 11 is 5.03. The van der Waals surface area contributed by atoms with Crippen LogP contribution in [-0.2, 0) is 19.1 Å². The van der Waals surface area contributed by atoms with Crippen molar-refractivity contribution in [2.24, 2.45) is 0 Å². The van der Waals surface area contributed by atoms with Gasteiger partial charge < -0.3 is 9.47 Å². The summed E-state index contributed by atoms with van der Waals surface area (Å²) < 4.78 is 9.71. The zero-order valence-corrected chi connectivity index (χ0v) is 14.3. The first-order chi connectivity index (χ1) is 11.3. The number of likely N-dealkylation sites (N-methyl/N-ethyl adjacent to an activating group) is 2. The van der Waals surface area contributed by atoms with E-state index in [0.29, 0.717) is 11.3 Å². The smallest absolute Gasteiger partial charge is 0.343 e. The Morgan fingerprint density at radius 3 is 2.17 bits per heavy atom. The van der Waals surface area contributed by atoms with Gasteiger partial charge in [-0.3, -0.25) is 19.4 Å². The minimum absolute atomic E-state index is 0.0248. The molecule has 0 N–H and O–H groups in total. The molecule has 0 saturated carbocycles. The van der Waals surface area contributed by atoms with E-state index in [9.17, 15) is 14.4 Å². The largest absolute Gasteiger partial charge is 0.482 e. The Hall–Kier alpha value is -2.74. The number of hydrogen-bond acceptors (Lipinski definition) is 6. The van der Waals surface area contributed by atoms with Crippen LogP contribution in [0.25, 0.3) is 6.08 Å². The highest BCUT2D eigenvalue weighted by Crippen LogP contribution is 2.19. The summed E-state index contributed by atoms with van der Waals surface area (Å²) in [6, 6.07) is 6.61. The number of hydrogen-bond donors (Lipinski definition) is 0. The SMILES string of the molecule is COC(=O)COc1ccc(C=C2C(=O)N(C)C(=S)N(C)C2=O)cc1. The predicted molar refractivity (Wildman–Crippen MR) is 90.1 cm³/mol. The Morgan fingerprint density at radius 2 is 1.67 bits per heavy atom. The molecule has 24 heavy (non-hydrogen) atoms. The van der Waals surface area contributed by atoms with Gasteiger partial charge in [0.15, 0.2) is 11.7 Å². The number of carbonyl (C=O) groups is 3. The lowest BCUT2D eigenvalue weighted by atomic mass is 10.1. The highest BCUT2D eigenvalue weighted by Gasteiger charge is 2.35. The Balaban J connectivity index is 2.18. The maximum Gasteiger partial charge on any atom is 0.343 e. The van der Waals surface area contributed by atoms with Crippen molar-refractivity contribution in [1.29, 1.82) is 0 Å². The average molecular weight is 348 g/mol. The summed E-state index contributed by atoms with van der Waals surface area (Å²) in [6.45, 7) is -0.194. The zero-order valence-electron chi connectivity index (χ0n) is 13.4. The van der Waals surface area contributed by atoms with Crippen LogP contribution in [-0.4, -0.2) is 60.5 Å². The van der Waals surface area contributed by atoms with Crippen molar-refractivity contribution >= 4 is 41.2 Å². The van der Waals surface area contributed by atoms with Crippen LogP contribution in [0.5, 0.6) is 5.75 Å². The van der Waals surface area contributed by atoms with Crippen molar-refractivity contribution in [2.45, 2.75) is 0 Å². The van der Waals surface area contributed by atoms with Crippen molar-refractivity contribution in [3.63, 3.8) is 0 Å². The van der Waals surface area contributed by atoms with Crippen LogP contribution < -0.4 is 4.74 Å². The van der Waals surface area contributed by atoms with Crippen LogP contribution in [0.2, 0.25) is 0 Å². The molecule has 0 atom stereocenters. The second-order valence-electron chi connectivity index (χ2n) is 5.00. The van der Waals surface area contributed by atoms with E-state index < -0.39 is 17.8 Å². The summed E-state index contributed by atoms with van der Waals surface area (Å²) in [5.74, 6) is -0.913. The van der Waals surface area contributed by atoms with E-state index in [2.05, 4.69) is 4.74 Å². The summed E-state index contributed by atoms with van der Waals surface area (Å²) in [7, 11) is 4.31. The van der Waals surface area contributed by atoms with E-state index in [0.717, 1.165) is 0 Å². The summed E-state index contributed by atoms with van der Waals surface area (Å²) in [5, 5.41) is 0.161. The first-order valence-electron chi connectivity index (χ1n) is 6.96. The molecule has 1 aliphatic rings. The number of methoxy groups -OCH3 is 1. The Kier molecular flexibility index (Phi) is 5.30. The van der Waals surface area contributed by atoms with Gasteiger partial charge >= 0.3 is 5.97 Å². The molecule has 2 amide bonds. The lowest BCUT2D eigenvalue weighted by Crippen LogP contribution is -2.52. The number of esters is 1. The molecule has 0 spiro atoms. The van der Waals surface area contributed by atoms with Gasteiger partial charge in [0.25, 0.3) is 11.8 Å². The molecule has 0 bridgehead atoms. The fourth-order valence-corrected chi connectivity index (χ4v) is 2.17. The van der Waals surface area contributed by atoms with Gasteiger partial charge in [-0.05, 0) is 36.0 Å². The molecule has 1 saturated heterocycles. The van der Waals surface area contributed by atoms with Gasteiger partial charge in [-0.25, -0.2) is 4.79 Å². The zero-order chi connectivity index (χ0) is 17.9. The molecule has 7 nitrogen and oxygen atoms in total. The minimum atomic E-state index is -0.485. The van der Waals surface area contributed by atoms with Crippen molar-refractivity contribution < 1.29 is 23.9 Å². The minimum Gasteiger partial charge on any atom is -0.482 e. The van der Waals surface area contributed by atoms with Crippen LogP contribution in [0.15, 0.2) is 29.8 Å². The average Bonchev–Trinajstić information content (AvgIpc) is 2.60. The maximum atomic E-state index is 12.2. The van der Waals surface area contributed by atoms with Crippen LogP contribution in [0.4, 0.5) is 0 Å². The van der Waals surface area contributed by atoms with Crippen molar-refractivity contribution in [1.82, 2.24) is 9.80 Å². The molecule has 0 unspecified atom stereocenters. The summed E-state index contributed by atoms with van der Waals surface area (Å²) in [4.78, 5) is 38.0. The molecular formula is C16H16N2O5S. The molecule has 1 fully saturated rings. The molecule has 0 aromatic heterocycles. The molecule has 1 heterocycles. The number of nitrogens with zero attached hydrogens (tertiary/aromatic N) is 2. The highest BCUT2D eigenvalue weighted by atomic mass is 32.1. The molecule has 0 radical (unpaired) electrons. The second kappa shape index (κ2) is 7.22. The standard InChI is InChI=1S/C16H16N2O5S/c1-17-14(20)12(15(21)18(2)16(17)24)8-10-4-6-11(7-5-10)23-9-13(19)22-3/h4-8H,9H2,1-3H3. The van der Waals surface area contributed by atoms with Crippen molar-refractivity contribution in [2.75, 3.05) is 27.8 Å². The molecule has 1 aromatic rings. The Labute approximate surface area is 144 Å². The monoisotopic (exact) mass is 348 g/mol. The van der Waals surface area contributed by atoms with Gasteiger partial charge in [-0.15, -0.1) is 0 Å². The molecule has 126 valence electrons. The molecule has 2 rings (SSSR count). The molecule has 8 heteroatoms. The third kappa shape index (κ3) is 3.60. The Bertz CT molecular complexity index is 700. The van der Waals surface area contributed by atoms with Crippen LogP contribution in [0.3, 0.4) is 0 Å². The quantitative estimate of drug-likeness (QED) is 0.347. The number of ether oxygens (including phenoxy) is 2. The first kappa shape index (κ1) is 17.6. The molecule has 0 aliphatic carbocycles. The van der Waals surface area contributed by atoms with E-state index >= 15 is 0 Å². The van der Waals surface area contributed by atoms with Crippen molar-refractivity contribution in [3.8, 4) is 5.75 Å². The van der Waals surface area contributed by atoms with Gasteiger partial charge in [0.2, 0.25) is 0 Å². The van der Waals surface area contributed by atoms with Gasteiger partial charge in [0, 0.05) is 14.1 Å². The number of benzene rings is 1. The van der Waals surface area contributed by atoms with E-state index in [1.807, 2.05) is 0 Å². The van der Waals surface area contributed by atoms with E-state index in [1.165, 1.54) is 37.1 Å². The third-order valence-corrected chi connectivity index (χ3v) is 3.97. The van der Waals surface area contributed by atoms with E-state index in [4.69, 9.17) is 17.0 Å². The highest BCUT2D eigenvalue weighted by molar-refractivity contribution is 7.80. The number of rotatable bonds is 4.